The van der Waals surface area contributed by atoms with Crippen LogP contribution in [0.1, 0.15) is 76.9 Å². The molecule has 0 spiro atoms. The summed E-state index contributed by atoms with van der Waals surface area (Å²) in [6.45, 7) is 8.89. The summed E-state index contributed by atoms with van der Waals surface area (Å²) in [5.74, 6) is 1.83. The summed E-state index contributed by atoms with van der Waals surface area (Å²) in [7, 11) is 1.32. The van der Waals surface area contributed by atoms with Crippen molar-refractivity contribution < 1.29 is 24.2 Å². The molecule has 3 atom stereocenters. The molecule has 3 aromatic carbocycles. The molecule has 0 aliphatic carbocycles. The van der Waals surface area contributed by atoms with Gasteiger partial charge in [0.2, 0.25) is 0 Å². The Morgan fingerprint density at radius 3 is 1.68 bits per heavy atom. The highest BCUT2D eigenvalue weighted by Crippen LogP contribution is 2.33. The van der Waals surface area contributed by atoms with Gasteiger partial charge in [0.05, 0.1) is 24.8 Å². The minimum Gasteiger partial charge on any atom is -0.468 e. The Balaban J connectivity index is 0. The number of alkyl carbamates (subject to hydrolysis) is 1. The number of methoxy groups -OCH3 is 1. The number of nitrogens with two attached hydrogens (primary N) is 2. The van der Waals surface area contributed by atoms with E-state index in [4.69, 9.17) is 16.2 Å². The summed E-state index contributed by atoms with van der Waals surface area (Å²) in [5.41, 5.74) is 12.9. The molecule has 1 saturated heterocycles. The molecule has 8 nitrogen and oxygen atoms in total. The number of rotatable bonds is 5. The van der Waals surface area contributed by atoms with Gasteiger partial charge in [-0.25, -0.2) is 4.79 Å². The Labute approximate surface area is 264 Å². The van der Waals surface area contributed by atoms with Crippen LogP contribution in [0.25, 0.3) is 0 Å². The highest BCUT2D eigenvalue weighted by Gasteiger charge is 2.42. The van der Waals surface area contributed by atoms with Crippen molar-refractivity contribution in [2.75, 3.05) is 7.11 Å². The maximum Gasteiger partial charge on any atom is 0.408 e. The Morgan fingerprint density at radius 1 is 0.955 bits per heavy atom. The number of esters is 1. The maximum atomic E-state index is 11.1. The first kappa shape index (κ1) is 41.5. The van der Waals surface area contributed by atoms with Crippen molar-refractivity contribution in [3.63, 3.8) is 0 Å². The van der Waals surface area contributed by atoms with Crippen molar-refractivity contribution in [2.45, 2.75) is 71.4 Å². The molecular weight excluding hydrogens is 554 g/mol. The summed E-state index contributed by atoms with van der Waals surface area (Å²) in [6, 6.07) is 27.5. The monoisotopic (exact) mass is 603 g/mol. The third-order valence-corrected chi connectivity index (χ3v) is 5.98. The van der Waals surface area contributed by atoms with Crippen molar-refractivity contribution in [1.29, 1.82) is 0 Å². The van der Waals surface area contributed by atoms with E-state index >= 15 is 0 Å². The van der Waals surface area contributed by atoms with Crippen LogP contribution in [0, 0.1) is 25.2 Å². The van der Waals surface area contributed by atoms with Crippen LogP contribution in [0.3, 0.4) is 0 Å². The quantitative estimate of drug-likeness (QED) is 0.205. The standard InChI is InChI=1S/C11H13NO2.C10H15NO.C9H11NO2.C3H4.C2H2.CH4/c1-11(2)9(12-10(13)14-11)8-6-4-3-5-7-8;1-10(2,12)9(11)8-6-4-3-5-7-8;1-12-9(11)8(10)7-5-3-2-4-6-7;1-3-2;1-2;/h3-7,9H,1-2H3,(H,12,13);3-7,9,12H,11H2,1-2H3;2-6,8H,10H2,1H3;1H,2H3;1-2H;1H4/t2*9-;8-;;;/m000.../s1. The molecule has 0 unspecified atom stereocenters. The lowest BCUT2D eigenvalue weighted by atomic mass is 9.93. The Bertz CT molecular complexity index is 1270. The zero-order valence-corrected chi connectivity index (χ0v) is 25.9. The third-order valence-electron chi connectivity index (χ3n) is 5.98. The molecule has 1 heterocycles. The van der Waals surface area contributed by atoms with Crippen molar-refractivity contribution in [2.24, 2.45) is 11.5 Å². The number of amides is 1. The van der Waals surface area contributed by atoms with Gasteiger partial charge in [0, 0.05) is 0 Å². The Hall–Kier alpha value is -4.60. The lowest BCUT2D eigenvalue weighted by molar-refractivity contribution is -0.142. The number of hydrogen-bond donors (Lipinski definition) is 4. The molecule has 0 bridgehead atoms. The van der Waals surface area contributed by atoms with Crippen LogP contribution < -0.4 is 16.8 Å². The molecule has 4 rings (SSSR count). The minimum atomic E-state index is -0.860. The van der Waals surface area contributed by atoms with E-state index in [2.05, 4.69) is 35.2 Å². The maximum absolute atomic E-state index is 11.1. The molecule has 44 heavy (non-hydrogen) atoms. The van der Waals surface area contributed by atoms with E-state index in [1.54, 1.807) is 32.9 Å². The molecular formula is C36H49N3O5. The van der Waals surface area contributed by atoms with Gasteiger partial charge in [-0.3, -0.25) is 4.79 Å². The van der Waals surface area contributed by atoms with E-state index in [1.807, 2.05) is 92.7 Å². The first-order valence-corrected chi connectivity index (χ1v) is 13.4. The van der Waals surface area contributed by atoms with Gasteiger partial charge in [0.1, 0.15) is 11.6 Å². The first-order chi connectivity index (χ1) is 20.3. The van der Waals surface area contributed by atoms with Gasteiger partial charge in [0.25, 0.3) is 0 Å². The smallest absolute Gasteiger partial charge is 0.408 e. The summed E-state index contributed by atoms with van der Waals surface area (Å²) in [4.78, 5) is 22.1. The second-order valence-corrected chi connectivity index (χ2v) is 10.2. The van der Waals surface area contributed by atoms with E-state index in [1.165, 1.54) is 7.11 Å². The number of aliphatic hydroxyl groups is 1. The Kier molecular flexibility index (Phi) is 20.0. The molecule has 8 heteroatoms. The summed E-state index contributed by atoms with van der Waals surface area (Å²) < 4.78 is 9.67. The van der Waals surface area contributed by atoms with Crippen LogP contribution in [0.5, 0.6) is 0 Å². The molecule has 1 amide bonds. The molecule has 1 fully saturated rings. The lowest BCUT2D eigenvalue weighted by Gasteiger charge is -2.25. The summed E-state index contributed by atoms with van der Waals surface area (Å²) in [6.07, 6.45) is 12.3. The lowest BCUT2D eigenvalue weighted by Crippen LogP contribution is -2.34. The fourth-order valence-electron chi connectivity index (χ4n) is 3.74. The average Bonchev–Trinajstić information content (AvgIpc) is 3.30. The number of cyclic esters (lactones) is 1. The number of carbonyl (C=O) groups excluding carboxylic acids is 2. The van der Waals surface area contributed by atoms with E-state index in [0.29, 0.717) is 0 Å². The van der Waals surface area contributed by atoms with Gasteiger partial charge >= 0.3 is 12.1 Å². The zero-order valence-electron chi connectivity index (χ0n) is 25.9. The van der Waals surface area contributed by atoms with Crippen molar-refractivity contribution in [3.8, 4) is 25.2 Å². The fraction of sp³-hybridized carbons (Fsp3) is 0.333. The second-order valence-electron chi connectivity index (χ2n) is 10.2. The molecule has 0 saturated carbocycles. The number of hydrogen-bond acceptors (Lipinski definition) is 7. The van der Waals surface area contributed by atoms with Crippen LogP contribution in [0.2, 0.25) is 0 Å². The van der Waals surface area contributed by atoms with Gasteiger partial charge in [0.15, 0.2) is 0 Å². The van der Waals surface area contributed by atoms with Gasteiger partial charge in [-0.1, -0.05) is 98.4 Å². The molecule has 1 aliphatic rings. The normalized spacial score (nSPS) is 15.1. The number of nitrogens with one attached hydrogen (secondary N) is 1. The molecule has 1 aliphatic heterocycles. The molecule has 238 valence electrons. The SMILES string of the molecule is C.C#C.C#CC.CC(C)(O)[C@@H](N)c1ccccc1.CC1(C)OC(=O)N[C@H]1c1ccccc1.COC(=O)[C@@H](N)c1ccccc1. The van der Waals surface area contributed by atoms with Crippen molar-refractivity contribution >= 4 is 12.1 Å². The number of ether oxygens (including phenoxy) is 2. The molecule has 0 radical (unpaired) electrons. The highest BCUT2D eigenvalue weighted by atomic mass is 16.6. The van der Waals surface area contributed by atoms with Crippen molar-refractivity contribution in [1.82, 2.24) is 5.32 Å². The van der Waals surface area contributed by atoms with E-state index in [0.717, 1.165) is 16.7 Å². The van der Waals surface area contributed by atoms with Gasteiger partial charge in [-0.15, -0.1) is 25.2 Å². The Morgan fingerprint density at radius 2 is 1.34 bits per heavy atom. The third kappa shape index (κ3) is 14.5. The van der Waals surface area contributed by atoms with Crippen LogP contribution in [0.15, 0.2) is 91.0 Å². The van der Waals surface area contributed by atoms with E-state index in [-0.39, 0.29) is 25.6 Å². The van der Waals surface area contributed by atoms with Crippen molar-refractivity contribution in [3.05, 3.63) is 108 Å². The largest absolute Gasteiger partial charge is 0.468 e. The predicted molar refractivity (Wildman–Crippen MR) is 179 cm³/mol. The van der Waals surface area contributed by atoms with Crippen LogP contribution in [-0.2, 0) is 14.3 Å². The summed E-state index contributed by atoms with van der Waals surface area (Å²) in [5, 5.41) is 12.4. The van der Waals surface area contributed by atoms with Crippen LogP contribution >= 0.6 is 0 Å². The van der Waals surface area contributed by atoms with E-state index < -0.39 is 23.2 Å². The average molecular weight is 604 g/mol. The van der Waals surface area contributed by atoms with Crippen LogP contribution in [-0.4, -0.2) is 35.5 Å². The van der Waals surface area contributed by atoms with Gasteiger partial charge < -0.3 is 31.4 Å². The van der Waals surface area contributed by atoms with Gasteiger partial charge in [-0.2, -0.15) is 0 Å². The van der Waals surface area contributed by atoms with E-state index in [9.17, 15) is 14.7 Å². The first-order valence-electron chi connectivity index (χ1n) is 13.4. The molecule has 0 aromatic heterocycles. The molecule has 3 aromatic rings. The highest BCUT2D eigenvalue weighted by molar-refractivity contribution is 5.77. The minimum absolute atomic E-state index is 0. The number of benzene rings is 3. The van der Waals surface area contributed by atoms with Crippen LogP contribution in [0.4, 0.5) is 4.79 Å². The predicted octanol–water partition coefficient (Wildman–Crippen LogP) is 6.09. The number of terminal acetylenes is 2. The summed E-state index contributed by atoms with van der Waals surface area (Å²) >= 11 is 0. The molecule has 6 N–H and O–H groups in total. The zero-order chi connectivity index (χ0) is 33.1. The number of carbonyl (C=O) groups is 2. The second kappa shape index (κ2) is 21.1. The fourth-order valence-corrected chi connectivity index (χ4v) is 3.74. The topological polar surface area (TPSA) is 137 Å². The van der Waals surface area contributed by atoms with Gasteiger partial charge in [-0.05, 0) is 51.3 Å².